The van der Waals surface area contributed by atoms with Gasteiger partial charge in [-0.25, -0.2) is 0 Å². The van der Waals surface area contributed by atoms with Crippen LogP contribution in [0.25, 0.3) is 35.4 Å². The minimum absolute atomic E-state index is 0.651. The first-order chi connectivity index (χ1) is 16.1. The molecule has 34 heavy (non-hydrogen) atoms. The van der Waals surface area contributed by atoms with Crippen molar-refractivity contribution in [2.24, 2.45) is 0 Å². The Balaban J connectivity index is 1.53. The predicted molar refractivity (Wildman–Crippen MR) is 128 cm³/mol. The Kier molecular flexibility index (Phi) is 6.81. The van der Waals surface area contributed by atoms with Crippen LogP contribution in [0.4, 0.5) is 26.3 Å². The first-order valence-corrected chi connectivity index (χ1v) is 11.8. The normalized spacial score (nSPS) is 12.8. The molecule has 0 nitrogen and oxygen atoms in total. The molecule has 0 amide bonds. The minimum atomic E-state index is -4.37. The minimum Gasteiger partial charge on any atom is -0.166 e. The van der Waals surface area contributed by atoms with E-state index in [0.717, 1.165) is 46.5 Å². The number of benzene rings is 2. The Morgan fingerprint density at radius 2 is 0.824 bits per heavy atom. The third kappa shape index (κ3) is 5.69. The summed E-state index contributed by atoms with van der Waals surface area (Å²) in [6.45, 7) is 0. The summed E-state index contributed by atoms with van der Waals surface area (Å²) >= 11 is 3.01. The summed E-state index contributed by atoms with van der Waals surface area (Å²) in [5.74, 6) is 0. The van der Waals surface area contributed by atoms with E-state index in [1.54, 1.807) is 12.2 Å². The maximum absolute atomic E-state index is 12.7. The zero-order valence-electron chi connectivity index (χ0n) is 17.3. The van der Waals surface area contributed by atoms with Crippen LogP contribution >= 0.6 is 22.7 Å². The van der Waals surface area contributed by atoms with Crippen LogP contribution in [-0.2, 0) is 12.4 Å². The molecule has 2 heterocycles. The largest absolute Gasteiger partial charge is 0.416 e. The van der Waals surface area contributed by atoms with Gasteiger partial charge in [-0.1, -0.05) is 48.6 Å². The first kappa shape index (κ1) is 24.0. The lowest BCUT2D eigenvalue weighted by atomic mass is 10.0. The molecule has 4 aromatic rings. The Morgan fingerprint density at radius 1 is 0.471 bits per heavy atom. The van der Waals surface area contributed by atoms with Gasteiger partial charge in [-0.2, -0.15) is 49.0 Å². The van der Waals surface area contributed by atoms with Gasteiger partial charge in [0.1, 0.15) is 0 Å². The van der Waals surface area contributed by atoms with E-state index in [4.69, 9.17) is 0 Å². The van der Waals surface area contributed by atoms with E-state index in [-0.39, 0.29) is 0 Å². The fourth-order valence-electron chi connectivity index (χ4n) is 3.25. The van der Waals surface area contributed by atoms with Crippen molar-refractivity contribution in [2.75, 3.05) is 0 Å². The van der Waals surface area contributed by atoms with Gasteiger partial charge >= 0.3 is 12.4 Å². The SMILES string of the molecule is FC(F)(F)c1ccc(C=Cc2cscc2-c2cscc2C=Cc2ccc(C(F)(F)F)cc2)cc1. The van der Waals surface area contributed by atoms with Gasteiger partial charge in [0.2, 0.25) is 0 Å². The van der Waals surface area contributed by atoms with Gasteiger partial charge in [0, 0.05) is 11.1 Å². The lowest BCUT2D eigenvalue weighted by molar-refractivity contribution is -0.138. The molecule has 2 aromatic carbocycles. The number of thiophene rings is 2. The molecule has 0 aliphatic rings. The van der Waals surface area contributed by atoms with Crippen molar-refractivity contribution < 1.29 is 26.3 Å². The number of halogens is 6. The fraction of sp³-hybridized carbons (Fsp3) is 0.0769. The molecular weight excluding hydrogens is 490 g/mol. The molecule has 8 heteroatoms. The highest BCUT2D eigenvalue weighted by Gasteiger charge is 2.30. The molecule has 0 spiro atoms. The van der Waals surface area contributed by atoms with Crippen LogP contribution in [0.15, 0.2) is 70.1 Å². The summed E-state index contributed by atoms with van der Waals surface area (Å²) in [6, 6.07) is 9.91. The number of rotatable bonds is 5. The standard InChI is InChI=1S/C26H16F6S2/c27-25(28,29)21-9-3-17(4-10-21)1-7-19-13-33-15-23(19)24-16-34-14-20(24)8-2-18-5-11-22(12-6-18)26(30,31)32/h1-16H. The van der Waals surface area contributed by atoms with Crippen LogP contribution in [0.2, 0.25) is 0 Å². The molecule has 0 aliphatic carbocycles. The summed E-state index contributed by atoms with van der Waals surface area (Å²) in [6.07, 6.45) is -1.51. The lowest BCUT2D eigenvalue weighted by Crippen LogP contribution is -2.03. The van der Waals surface area contributed by atoms with E-state index < -0.39 is 23.5 Å². The monoisotopic (exact) mass is 506 g/mol. The van der Waals surface area contributed by atoms with Gasteiger partial charge in [-0.05, 0) is 68.0 Å². The molecule has 4 rings (SSSR count). The maximum atomic E-state index is 12.7. The van der Waals surface area contributed by atoms with Gasteiger partial charge in [0.05, 0.1) is 11.1 Å². The highest BCUT2D eigenvalue weighted by atomic mass is 32.1. The second kappa shape index (κ2) is 9.64. The molecule has 0 saturated heterocycles. The quantitative estimate of drug-likeness (QED) is 0.236. The average molecular weight is 507 g/mol. The van der Waals surface area contributed by atoms with Crippen molar-refractivity contribution in [1.29, 1.82) is 0 Å². The Hall–Kier alpha value is -3.10. The Labute approximate surface area is 200 Å². The zero-order valence-corrected chi connectivity index (χ0v) is 19.0. The van der Waals surface area contributed by atoms with E-state index in [1.807, 2.05) is 33.7 Å². The first-order valence-electron chi connectivity index (χ1n) is 9.95. The van der Waals surface area contributed by atoms with E-state index in [2.05, 4.69) is 0 Å². The molecule has 0 bridgehead atoms. The zero-order chi connectivity index (χ0) is 24.3. The Bertz CT molecular complexity index is 1200. The van der Waals surface area contributed by atoms with Gasteiger partial charge < -0.3 is 0 Å². The number of alkyl halides is 6. The van der Waals surface area contributed by atoms with Crippen molar-refractivity contribution in [3.05, 3.63) is 103 Å². The van der Waals surface area contributed by atoms with Crippen LogP contribution in [0.1, 0.15) is 33.4 Å². The third-order valence-electron chi connectivity index (χ3n) is 5.06. The lowest BCUT2D eigenvalue weighted by Gasteiger charge is -2.06. The second-order valence-electron chi connectivity index (χ2n) is 7.39. The topological polar surface area (TPSA) is 0 Å². The van der Waals surface area contributed by atoms with Crippen molar-refractivity contribution in [3.8, 4) is 11.1 Å². The molecule has 0 atom stereocenters. The van der Waals surface area contributed by atoms with Crippen molar-refractivity contribution in [1.82, 2.24) is 0 Å². The molecule has 0 unspecified atom stereocenters. The number of hydrogen-bond donors (Lipinski definition) is 0. The summed E-state index contributed by atoms with van der Waals surface area (Å²) in [7, 11) is 0. The molecule has 0 radical (unpaired) electrons. The molecule has 0 N–H and O–H groups in total. The average Bonchev–Trinajstić information content (AvgIpc) is 3.44. The van der Waals surface area contributed by atoms with Crippen LogP contribution in [0, 0.1) is 0 Å². The second-order valence-corrected chi connectivity index (χ2v) is 8.87. The molecule has 0 aliphatic heterocycles. The molecule has 2 aromatic heterocycles. The van der Waals surface area contributed by atoms with Crippen LogP contribution in [0.5, 0.6) is 0 Å². The molecular formula is C26H16F6S2. The van der Waals surface area contributed by atoms with Crippen LogP contribution < -0.4 is 0 Å². The van der Waals surface area contributed by atoms with Crippen LogP contribution in [0.3, 0.4) is 0 Å². The van der Waals surface area contributed by atoms with Gasteiger partial charge in [-0.3, -0.25) is 0 Å². The van der Waals surface area contributed by atoms with Gasteiger partial charge in [-0.15, -0.1) is 0 Å². The predicted octanol–water partition coefficient (Wildman–Crippen LogP) is 9.85. The van der Waals surface area contributed by atoms with Crippen LogP contribution in [-0.4, -0.2) is 0 Å². The molecule has 174 valence electrons. The summed E-state index contributed by atoms with van der Waals surface area (Å²) in [5, 5.41) is 7.89. The highest BCUT2D eigenvalue weighted by Crippen LogP contribution is 2.35. The maximum Gasteiger partial charge on any atom is 0.416 e. The van der Waals surface area contributed by atoms with E-state index in [0.29, 0.717) is 11.1 Å². The van der Waals surface area contributed by atoms with Gasteiger partial charge in [0.25, 0.3) is 0 Å². The van der Waals surface area contributed by atoms with E-state index >= 15 is 0 Å². The third-order valence-corrected chi connectivity index (χ3v) is 6.58. The van der Waals surface area contributed by atoms with Crippen molar-refractivity contribution >= 4 is 47.0 Å². The van der Waals surface area contributed by atoms with Gasteiger partial charge in [0.15, 0.2) is 0 Å². The van der Waals surface area contributed by atoms with Crippen molar-refractivity contribution in [2.45, 2.75) is 12.4 Å². The highest BCUT2D eigenvalue weighted by molar-refractivity contribution is 7.09. The molecule has 0 fully saturated rings. The van der Waals surface area contributed by atoms with Crippen molar-refractivity contribution in [3.63, 3.8) is 0 Å². The summed E-state index contributed by atoms with van der Waals surface area (Å²) in [4.78, 5) is 0. The summed E-state index contributed by atoms with van der Waals surface area (Å²) < 4.78 is 76.5. The fourth-order valence-corrected chi connectivity index (χ4v) is 4.89. The Morgan fingerprint density at radius 3 is 1.15 bits per heavy atom. The van der Waals surface area contributed by atoms with E-state index in [9.17, 15) is 26.3 Å². The number of hydrogen-bond acceptors (Lipinski definition) is 2. The smallest absolute Gasteiger partial charge is 0.166 e. The molecule has 0 saturated carbocycles. The van der Waals surface area contributed by atoms with E-state index in [1.165, 1.54) is 46.9 Å². The summed E-state index contributed by atoms with van der Waals surface area (Å²) in [5.41, 5.74) is 3.71.